The minimum absolute atomic E-state index is 0.353. The van der Waals surface area contributed by atoms with Gasteiger partial charge >= 0.3 is 5.97 Å². The van der Waals surface area contributed by atoms with Crippen LogP contribution in [0.5, 0.6) is 0 Å². The van der Waals surface area contributed by atoms with Gasteiger partial charge in [-0.3, -0.25) is 0 Å². The van der Waals surface area contributed by atoms with Crippen LogP contribution in [0.2, 0.25) is 0 Å². The molecule has 1 aromatic carbocycles. The third-order valence-electron chi connectivity index (χ3n) is 3.98. The summed E-state index contributed by atoms with van der Waals surface area (Å²) in [7, 11) is 0. The van der Waals surface area contributed by atoms with Gasteiger partial charge in [-0.05, 0) is 36.6 Å². The first-order valence-electron chi connectivity index (χ1n) is 7.28. The van der Waals surface area contributed by atoms with E-state index in [4.69, 9.17) is 5.11 Å². The molecular formula is C16H23NO2. The molecule has 1 saturated carbocycles. The van der Waals surface area contributed by atoms with Gasteiger partial charge < -0.3 is 10.4 Å². The first kappa shape index (κ1) is 14.1. The van der Waals surface area contributed by atoms with Crippen LogP contribution in [-0.2, 0) is 6.54 Å². The van der Waals surface area contributed by atoms with Gasteiger partial charge in [0.05, 0.1) is 5.56 Å². The van der Waals surface area contributed by atoms with Gasteiger partial charge in [-0.1, -0.05) is 44.2 Å². The molecule has 1 aliphatic rings. The fourth-order valence-corrected chi connectivity index (χ4v) is 2.78. The van der Waals surface area contributed by atoms with Crippen molar-refractivity contribution in [2.45, 2.75) is 45.1 Å². The zero-order chi connectivity index (χ0) is 13.5. The first-order valence-corrected chi connectivity index (χ1v) is 7.28. The van der Waals surface area contributed by atoms with Crippen LogP contribution in [0.4, 0.5) is 0 Å². The standard InChI is InChI=1S/C16H23NO2/c18-16(19)15-8-6-14(7-9-15)12-17-11-10-13-4-2-1-3-5-13/h6-9,13,17H,1-5,10-12H2,(H,18,19). The zero-order valence-corrected chi connectivity index (χ0v) is 11.4. The average Bonchev–Trinajstić information content (AvgIpc) is 2.45. The minimum Gasteiger partial charge on any atom is -0.478 e. The number of hydrogen-bond donors (Lipinski definition) is 2. The molecule has 0 bridgehead atoms. The number of rotatable bonds is 6. The summed E-state index contributed by atoms with van der Waals surface area (Å²) >= 11 is 0. The average molecular weight is 261 g/mol. The fourth-order valence-electron chi connectivity index (χ4n) is 2.78. The van der Waals surface area contributed by atoms with E-state index in [2.05, 4.69) is 5.32 Å². The molecule has 3 nitrogen and oxygen atoms in total. The highest BCUT2D eigenvalue weighted by atomic mass is 16.4. The molecule has 3 heteroatoms. The van der Waals surface area contributed by atoms with Crippen molar-refractivity contribution in [3.05, 3.63) is 35.4 Å². The van der Waals surface area contributed by atoms with E-state index in [1.54, 1.807) is 12.1 Å². The second kappa shape index (κ2) is 7.29. The monoisotopic (exact) mass is 261 g/mol. The van der Waals surface area contributed by atoms with Crippen LogP contribution in [-0.4, -0.2) is 17.6 Å². The lowest BCUT2D eigenvalue weighted by Crippen LogP contribution is -2.19. The summed E-state index contributed by atoms with van der Waals surface area (Å²) in [6.07, 6.45) is 8.29. The molecule has 2 N–H and O–H groups in total. The Bertz CT molecular complexity index is 394. The molecular weight excluding hydrogens is 238 g/mol. The number of carboxylic acid groups (broad SMARTS) is 1. The summed E-state index contributed by atoms with van der Waals surface area (Å²) < 4.78 is 0. The van der Waals surface area contributed by atoms with Gasteiger partial charge in [-0.15, -0.1) is 0 Å². The Morgan fingerprint density at radius 3 is 2.47 bits per heavy atom. The Kier molecular flexibility index (Phi) is 5.40. The highest BCUT2D eigenvalue weighted by Crippen LogP contribution is 2.25. The van der Waals surface area contributed by atoms with Crippen molar-refractivity contribution in [2.75, 3.05) is 6.54 Å². The third-order valence-corrected chi connectivity index (χ3v) is 3.98. The Morgan fingerprint density at radius 1 is 1.16 bits per heavy atom. The first-order chi connectivity index (χ1) is 9.25. The maximum absolute atomic E-state index is 10.7. The molecule has 0 spiro atoms. The Labute approximate surface area is 115 Å². The molecule has 0 heterocycles. The van der Waals surface area contributed by atoms with Crippen LogP contribution in [0, 0.1) is 5.92 Å². The molecule has 19 heavy (non-hydrogen) atoms. The van der Waals surface area contributed by atoms with Crippen molar-refractivity contribution in [1.82, 2.24) is 5.32 Å². The van der Waals surface area contributed by atoms with Gasteiger partial charge in [0, 0.05) is 6.54 Å². The van der Waals surface area contributed by atoms with Crippen LogP contribution in [0.1, 0.15) is 54.4 Å². The molecule has 0 atom stereocenters. The summed E-state index contributed by atoms with van der Waals surface area (Å²) in [5, 5.41) is 12.3. The number of benzene rings is 1. The normalized spacial score (nSPS) is 16.4. The number of hydrogen-bond acceptors (Lipinski definition) is 2. The second-order valence-corrected chi connectivity index (χ2v) is 5.47. The van der Waals surface area contributed by atoms with Gasteiger partial charge in [0.1, 0.15) is 0 Å². The fraction of sp³-hybridized carbons (Fsp3) is 0.562. The topological polar surface area (TPSA) is 49.3 Å². The van der Waals surface area contributed by atoms with Gasteiger partial charge in [-0.25, -0.2) is 4.79 Å². The van der Waals surface area contributed by atoms with Crippen molar-refractivity contribution >= 4 is 5.97 Å². The molecule has 0 amide bonds. The molecule has 1 aliphatic carbocycles. The van der Waals surface area contributed by atoms with Crippen molar-refractivity contribution in [3.8, 4) is 0 Å². The van der Waals surface area contributed by atoms with E-state index >= 15 is 0 Å². The largest absolute Gasteiger partial charge is 0.478 e. The predicted molar refractivity (Wildman–Crippen MR) is 76.3 cm³/mol. The smallest absolute Gasteiger partial charge is 0.335 e. The molecule has 0 aromatic heterocycles. The summed E-state index contributed by atoms with van der Waals surface area (Å²) in [5.74, 6) is 0.0486. The van der Waals surface area contributed by atoms with E-state index in [1.807, 2.05) is 12.1 Å². The Hall–Kier alpha value is -1.35. The molecule has 0 aliphatic heterocycles. The number of carbonyl (C=O) groups is 1. The van der Waals surface area contributed by atoms with Gasteiger partial charge in [0.25, 0.3) is 0 Å². The summed E-state index contributed by atoms with van der Waals surface area (Å²) in [6.45, 7) is 1.89. The lowest BCUT2D eigenvalue weighted by molar-refractivity contribution is 0.0697. The second-order valence-electron chi connectivity index (χ2n) is 5.47. The van der Waals surface area contributed by atoms with E-state index < -0.39 is 5.97 Å². The number of carboxylic acids is 1. The van der Waals surface area contributed by atoms with E-state index in [1.165, 1.54) is 38.5 Å². The van der Waals surface area contributed by atoms with Crippen molar-refractivity contribution in [3.63, 3.8) is 0 Å². The molecule has 2 rings (SSSR count). The quantitative estimate of drug-likeness (QED) is 0.771. The van der Waals surface area contributed by atoms with Gasteiger partial charge in [-0.2, -0.15) is 0 Å². The molecule has 0 radical (unpaired) electrons. The van der Waals surface area contributed by atoms with Crippen molar-refractivity contribution in [2.24, 2.45) is 5.92 Å². The lowest BCUT2D eigenvalue weighted by atomic mass is 9.87. The molecule has 0 saturated heterocycles. The summed E-state index contributed by atoms with van der Waals surface area (Å²) in [4.78, 5) is 10.7. The maximum atomic E-state index is 10.7. The van der Waals surface area contributed by atoms with Crippen LogP contribution in [0.15, 0.2) is 24.3 Å². The van der Waals surface area contributed by atoms with Crippen LogP contribution in [0.3, 0.4) is 0 Å². The Balaban J connectivity index is 1.66. The third kappa shape index (κ3) is 4.67. The van der Waals surface area contributed by atoms with Crippen LogP contribution < -0.4 is 5.32 Å². The SMILES string of the molecule is O=C(O)c1ccc(CNCCC2CCCCC2)cc1. The zero-order valence-electron chi connectivity index (χ0n) is 11.4. The maximum Gasteiger partial charge on any atom is 0.335 e. The highest BCUT2D eigenvalue weighted by molar-refractivity contribution is 5.87. The lowest BCUT2D eigenvalue weighted by Gasteiger charge is -2.21. The molecule has 1 fully saturated rings. The Morgan fingerprint density at radius 2 is 1.84 bits per heavy atom. The molecule has 0 unspecified atom stereocenters. The molecule has 104 valence electrons. The van der Waals surface area contributed by atoms with Crippen LogP contribution in [0.25, 0.3) is 0 Å². The number of aromatic carboxylic acids is 1. The minimum atomic E-state index is -0.864. The van der Waals surface area contributed by atoms with E-state index in [0.29, 0.717) is 5.56 Å². The highest BCUT2D eigenvalue weighted by Gasteiger charge is 2.12. The number of nitrogens with one attached hydrogen (secondary N) is 1. The van der Waals surface area contributed by atoms with Crippen LogP contribution >= 0.6 is 0 Å². The molecule has 1 aromatic rings. The summed E-state index contributed by atoms with van der Waals surface area (Å²) in [6, 6.07) is 7.11. The van der Waals surface area contributed by atoms with E-state index in [0.717, 1.165) is 24.6 Å². The van der Waals surface area contributed by atoms with Crippen molar-refractivity contribution < 1.29 is 9.90 Å². The van der Waals surface area contributed by atoms with Gasteiger partial charge in [0.2, 0.25) is 0 Å². The van der Waals surface area contributed by atoms with E-state index in [-0.39, 0.29) is 0 Å². The van der Waals surface area contributed by atoms with E-state index in [9.17, 15) is 4.79 Å². The summed E-state index contributed by atoms with van der Waals surface area (Å²) in [5.41, 5.74) is 1.50. The van der Waals surface area contributed by atoms with Gasteiger partial charge in [0.15, 0.2) is 0 Å². The predicted octanol–water partition coefficient (Wildman–Crippen LogP) is 3.44. The van der Waals surface area contributed by atoms with Crippen molar-refractivity contribution in [1.29, 1.82) is 0 Å².